The lowest BCUT2D eigenvalue weighted by atomic mass is 10.5. The van der Waals surface area contributed by atoms with Crippen molar-refractivity contribution in [2.24, 2.45) is 0 Å². The van der Waals surface area contributed by atoms with Gasteiger partial charge in [-0.15, -0.1) is 0 Å². The highest BCUT2D eigenvalue weighted by molar-refractivity contribution is 9.10. The summed E-state index contributed by atoms with van der Waals surface area (Å²) >= 11 is 3.17. The fourth-order valence-corrected chi connectivity index (χ4v) is 1.16. The number of aromatic nitrogens is 2. The van der Waals surface area contributed by atoms with E-state index in [0.29, 0.717) is 16.4 Å². The Morgan fingerprint density at radius 3 is 2.93 bits per heavy atom. The highest BCUT2D eigenvalue weighted by Crippen LogP contribution is 2.11. The van der Waals surface area contributed by atoms with Crippen molar-refractivity contribution in [2.45, 2.75) is 0 Å². The Labute approximate surface area is 89.4 Å². The van der Waals surface area contributed by atoms with Gasteiger partial charge in [-0.1, -0.05) is 0 Å². The molecule has 0 saturated carbocycles. The number of nitrogens with one attached hydrogen (secondary N) is 2. The minimum Gasteiger partial charge on any atom is -0.383 e. The van der Waals surface area contributed by atoms with Crippen molar-refractivity contribution in [3.63, 3.8) is 0 Å². The molecule has 7 heteroatoms. The average Bonchev–Trinajstić information content (AvgIpc) is 2.12. The first-order chi connectivity index (χ1) is 6.61. The van der Waals surface area contributed by atoms with Crippen molar-refractivity contribution in [3.05, 3.63) is 10.7 Å². The van der Waals surface area contributed by atoms with Crippen LogP contribution in [0.15, 0.2) is 10.7 Å². The first-order valence-corrected chi connectivity index (χ1v) is 4.65. The summed E-state index contributed by atoms with van der Waals surface area (Å²) in [6, 6.07) is 1.57. The lowest BCUT2D eigenvalue weighted by Crippen LogP contribution is -2.26. The highest BCUT2D eigenvalue weighted by Gasteiger charge is 2.02. The predicted octanol–water partition coefficient (Wildman–Crippen LogP) is -0.0208. The van der Waals surface area contributed by atoms with Crippen LogP contribution in [0.4, 0.5) is 11.8 Å². The average molecular weight is 260 g/mol. The molecule has 6 nitrogen and oxygen atoms in total. The zero-order valence-electron chi connectivity index (χ0n) is 7.54. The van der Waals surface area contributed by atoms with Gasteiger partial charge in [-0.25, -0.2) is 4.98 Å². The Morgan fingerprint density at radius 2 is 2.36 bits per heavy atom. The molecule has 0 aliphatic rings. The van der Waals surface area contributed by atoms with Crippen LogP contribution in [-0.2, 0) is 4.79 Å². The van der Waals surface area contributed by atoms with E-state index < -0.39 is 0 Å². The lowest BCUT2D eigenvalue weighted by molar-refractivity contribution is -0.118. The summed E-state index contributed by atoms with van der Waals surface area (Å²) in [6.45, 7) is 0.117. The van der Waals surface area contributed by atoms with Crippen LogP contribution in [0.1, 0.15) is 0 Å². The van der Waals surface area contributed by atoms with E-state index in [1.165, 1.54) is 0 Å². The summed E-state index contributed by atoms with van der Waals surface area (Å²) in [5.41, 5.74) is 5.48. The zero-order chi connectivity index (χ0) is 10.6. The number of nitrogens with two attached hydrogens (primary N) is 1. The van der Waals surface area contributed by atoms with Gasteiger partial charge in [0.05, 0.1) is 6.54 Å². The van der Waals surface area contributed by atoms with E-state index in [9.17, 15) is 4.79 Å². The summed E-state index contributed by atoms with van der Waals surface area (Å²) in [4.78, 5) is 18.7. The number of hydrogen-bond acceptors (Lipinski definition) is 5. The van der Waals surface area contributed by atoms with Gasteiger partial charge in [0.2, 0.25) is 11.9 Å². The van der Waals surface area contributed by atoms with Crippen molar-refractivity contribution in [2.75, 3.05) is 24.6 Å². The van der Waals surface area contributed by atoms with Gasteiger partial charge >= 0.3 is 0 Å². The van der Waals surface area contributed by atoms with Crippen LogP contribution in [0, 0.1) is 0 Å². The molecule has 14 heavy (non-hydrogen) atoms. The Hall–Kier alpha value is -1.37. The van der Waals surface area contributed by atoms with Crippen LogP contribution in [0.2, 0.25) is 0 Å². The number of amides is 1. The maximum atomic E-state index is 10.9. The molecule has 0 aliphatic carbocycles. The third-order valence-electron chi connectivity index (χ3n) is 1.40. The molecule has 0 radical (unpaired) electrons. The van der Waals surface area contributed by atoms with Crippen LogP contribution in [0.25, 0.3) is 0 Å². The minimum atomic E-state index is -0.146. The fraction of sp³-hybridized carbons (Fsp3) is 0.286. The van der Waals surface area contributed by atoms with Crippen molar-refractivity contribution >= 4 is 33.6 Å². The zero-order valence-corrected chi connectivity index (χ0v) is 9.13. The number of nitrogens with zero attached hydrogens (tertiary/aromatic N) is 2. The summed E-state index contributed by atoms with van der Waals surface area (Å²) in [5, 5.41) is 5.20. The normalized spacial score (nSPS) is 9.57. The van der Waals surface area contributed by atoms with Gasteiger partial charge in [0.15, 0.2) is 0 Å². The van der Waals surface area contributed by atoms with E-state index in [0.717, 1.165) is 0 Å². The fourth-order valence-electron chi connectivity index (χ4n) is 0.762. The number of likely N-dealkylation sites (N-methyl/N-ethyl adjacent to an activating group) is 1. The van der Waals surface area contributed by atoms with Gasteiger partial charge in [-0.3, -0.25) is 4.79 Å². The molecular formula is C7H10BrN5O. The van der Waals surface area contributed by atoms with E-state index in [1.807, 2.05) is 0 Å². The number of carbonyl (C=O) groups is 1. The number of halogens is 1. The number of carbonyl (C=O) groups excluding carboxylic acids is 1. The quantitative estimate of drug-likeness (QED) is 0.664. The Morgan fingerprint density at radius 1 is 1.64 bits per heavy atom. The molecule has 0 spiro atoms. The number of rotatable bonds is 3. The molecule has 0 aromatic carbocycles. The Bertz CT molecular complexity index is 323. The van der Waals surface area contributed by atoms with E-state index in [-0.39, 0.29) is 12.5 Å². The van der Waals surface area contributed by atoms with E-state index >= 15 is 0 Å². The maximum absolute atomic E-state index is 10.9. The van der Waals surface area contributed by atoms with E-state index in [4.69, 9.17) is 5.73 Å². The first kappa shape index (κ1) is 10.7. The van der Waals surface area contributed by atoms with E-state index in [1.54, 1.807) is 13.1 Å². The third-order valence-corrected chi connectivity index (χ3v) is 1.81. The van der Waals surface area contributed by atoms with Gasteiger partial charge in [-0.05, 0) is 15.9 Å². The topological polar surface area (TPSA) is 92.9 Å². The molecule has 0 fully saturated rings. The predicted molar refractivity (Wildman–Crippen MR) is 56.7 cm³/mol. The van der Waals surface area contributed by atoms with Crippen LogP contribution < -0.4 is 16.4 Å². The van der Waals surface area contributed by atoms with Gasteiger partial charge in [-0.2, -0.15) is 4.98 Å². The molecular weight excluding hydrogens is 250 g/mol. The van der Waals surface area contributed by atoms with Crippen molar-refractivity contribution < 1.29 is 4.79 Å². The highest BCUT2D eigenvalue weighted by atomic mass is 79.9. The largest absolute Gasteiger partial charge is 0.383 e. The van der Waals surface area contributed by atoms with Gasteiger partial charge in [0.1, 0.15) is 10.4 Å². The second kappa shape index (κ2) is 4.75. The molecule has 1 rings (SSSR count). The van der Waals surface area contributed by atoms with E-state index in [2.05, 4.69) is 36.5 Å². The van der Waals surface area contributed by atoms with Crippen molar-refractivity contribution in [1.82, 2.24) is 15.3 Å². The van der Waals surface area contributed by atoms with Crippen LogP contribution in [0.5, 0.6) is 0 Å². The monoisotopic (exact) mass is 259 g/mol. The summed E-state index contributed by atoms with van der Waals surface area (Å²) < 4.78 is 0.574. The standard InChI is InChI=1S/C7H10BrN5O/c1-10-6(14)3-11-7-12-4(8)2-5(9)13-7/h2H,3H2,1H3,(H,10,14)(H3,9,11,12,13). The maximum Gasteiger partial charge on any atom is 0.239 e. The number of hydrogen-bond donors (Lipinski definition) is 3. The molecule has 1 aromatic rings. The lowest BCUT2D eigenvalue weighted by Gasteiger charge is -2.04. The third kappa shape index (κ3) is 3.17. The molecule has 4 N–H and O–H groups in total. The second-order valence-electron chi connectivity index (χ2n) is 2.47. The van der Waals surface area contributed by atoms with Gasteiger partial charge in [0.25, 0.3) is 0 Å². The Kier molecular flexibility index (Phi) is 3.63. The molecule has 0 unspecified atom stereocenters. The summed E-state index contributed by atoms with van der Waals surface area (Å²) in [7, 11) is 1.56. The number of anilines is 2. The molecule has 0 bridgehead atoms. The van der Waals surface area contributed by atoms with Gasteiger partial charge < -0.3 is 16.4 Å². The second-order valence-corrected chi connectivity index (χ2v) is 3.28. The molecule has 0 saturated heterocycles. The smallest absolute Gasteiger partial charge is 0.239 e. The number of nitrogen functional groups attached to an aromatic ring is 1. The SMILES string of the molecule is CNC(=O)CNc1nc(N)cc(Br)n1. The van der Waals surface area contributed by atoms with Gasteiger partial charge in [0, 0.05) is 13.1 Å². The van der Waals surface area contributed by atoms with Crippen LogP contribution in [0.3, 0.4) is 0 Å². The molecule has 0 atom stereocenters. The molecule has 0 aliphatic heterocycles. The molecule has 76 valence electrons. The molecule has 1 aromatic heterocycles. The minimum absolute atomic E-state index is 0.117. The Balaban J connectivity index is 2.63. The van der Waals surface area contributed by atoms with Crippen molar-refractivity contribution in [3.8, 4) is 0 Å². The van der Waals surface area contributed by atoms with Crippen LogP contribution >= 0.6 is 15.9 Å². The van der Waals surface area contributed by atoms with Crippen LogP contribution in [-0.4, -0.2) is 29.5 Å². The molecule has 1 heterocycles. The first-order valence-electron chi connectivity index (χ1n) is 3.86. The summed E-state index contributed by atoms with van der Waals surface area (Å²) in [6.07, 6.45) is 0. The van der Waals surface area contributed by atoms with Crippen molar-refractivity contribution in [1.29, 1.82) is 0 Å². The molecule has 1 amide bonds. The summed E-state index contributed by atoms with van der Waals surface area (Å²) in [5.74, 6) is 0.513.